The molecule has 0 aliphatic heterocycles. The van der Waals surface area contributed by atoms with Gasteiger partial charge < -0.3 is 19.2 Å². The van der Waals surface area contributed by atoms with Crippen LogP contribution >= 0.6 is 15.9 Å². The molecule has 1 heterocycles. The molecule has 0 atom stereocenters. The number of methoxy groups -OCH3 is 1. The zero-order valence-electron chi connectivity index (χ0n) is 18.6. The maximum atomic E-state index is 12.5. The molecule has 0 spiro atoms. The van der Waals surface area contributed by atoms with E-state index >= 15 is 0 Å². The van der Waals surface area contributed by atoms with Crippen LogP contribution < -0.4 is 20.4 Å². The molecule has 35 heavy (non-hydrogen) atoms. The number of hydrogen-bond acceptors (Lipinski definition) is 6. The smallest absolute Gasteiger partial charge is 0.349 e. The van der Waals surface area contributed by atoms with Crippen LogP contribution in [0.2, 0.25) is 0 Å². The van der Waals surface area contributed by atoms with Crippen molar-refractivity contribution in [3.8, 4) is 11.5 Å². The first-order valence-corrected chi connectivity index (χ1v) is 11.4. The summed E-state index contributed by atoms with van der Waals surface area (Å²) in [5.41, 5.74) is 0.995. The summed E-state index contributed by atoms with van der Waals surface area (Å²) in [5.74, 6) is -0.252. The maximum Gasteiger partial charge on any atom is 0.349 e. The van der Waals surface area contributed by atoms with Gasteiger partial charge in [-0.2, -0.15) is 0 Å². The van der Waals surface area contributed by atoms with Gasteiger partial charge in [0.2, 0.25) is 0 Å². The fraction of sp³-hybridized carbons (Fsp3) is 0.0741. The molecule has 176 valence electrons. The highest BCUT2D eigenvalue weighted by molar-refractivity contribution is 9.10. The molecular formula is C27H20BrNO6. The van der Waals surface area contributed by atoms with E-state index in [0.717, 1.165) is 15.6 Å². The minimum absolute atomic E-state index is 0.105. The van der Waals surface area contributed by atoms with Crippen LogP contribution in [0.1, 0.15) is 21.5 Å². The number of esters is 1. The van der Waals surface area contributed by atoms with Crippen LogP contribution in [0.15, 0.2) is 92.6 Å². The average molecular weight is 534 g/mol. The SMILES string of the molecule is COc1ccc(/C=C/C(=O)Oc2ccc3cc(C(=O)NCc4ccccc4)c(=O)oc3c2)cc1Br. The number of hydrogen-bond donors (Lipinski definition) is 1. The number of amides is 1. The fourth-order valence-electron chi connectivity index (χ4n) is 3.29. The molecule has 8 heteroatoms. The third-order valence-electron chi connectivity index (χ3n) is 5.05. The van der Waals surface area contributed by atoms with Crippen molar-refractivity contribution >= 4 is 44.9 Å². The Kier molecular flexibility index (Phi) is 7.42. The number of rotatable bonds is 7. The second-order valence-electron chi connectivity index (χ2n) is 7.46. The minimum Gasteiger partial charge on any atom is -0.496 e. The van der Waals surface area contributed by atoms with E-state index < -0.39 is 17.5 Å². The summed E-state index contributed by atoms with van der Waals surface area (Å²) in [6.45, 7) is 0.285. The van der Waals surface area contributed by atoms with Gasteiger partial charge in [0.15, 0.2) is 0 Å². The minimum atomic E-state index is -0.781. The molecule has 4 rings (SSSR count). The first-order chi connectivity index (χ1) is 16.9. The first kappa shape index (κ1) is 24.0. The monoisotopic (exact) mass is 533 g/mol. The Morgan fingerprint density at radius 2 is 1.83 bits per heavy atom. The molecule has 0 aliphatic rings. The molecular weight excluding hydrogens is 514 g/mol. The Morgan fingerprint density at radius 3 is 2.57 bits per heavy atom. The van der Waals surface area contributed by atoms with E-state index in [2.05, 4.69) is 21.2 Å². The Morgan fingerprint density at radius 1 is 1.03 bits per heavy atom. The van der Waals surface area contributed by atoms with Crippen LogP contribution in [0, 0.1) is 0 Å². The molecule has 0 aliphatic carbocycles. The second-order valence-corrected chi connectivity index (χ2v) is 8.32. The topological polar surface area (TPSA) is 94.8 Å². The van der Waals surface area contributed by atoms with Gasteiger partial charge in [-0.1, -0.05) is 36.4 Å². The Balaban J connectivity index is 1.44. The summed E-state index contributed by atoms with van der Waals surface area (Å²) >= 11 is 3.39. The number of carbonyl (C=O) groups is 2. The number of benzene rings is 3. The van der Waals surface area contributed by atoms with Crippen molar-refractivity contribution in [3.05, 3.63) is 110 Å². The van der Waals surface area contributed by atoms with Crippen molar-refractivity contribution in [1.29, 1.82) is 0 Å². The molecule has 0 saturated heterocycles. The second kappa shape index (κ2) is 10.8. The predicted octanol–water partition coefficient (Wildman–Crippen LogP) is 5.11. The zero-order chi connectivity index (χ0) is 24.8. The van der Waals surface area contributed by atoms with Gasteiger partial charge >= 0.3 is 11.6 Å². The molecule has 0 fully saturated rings. The molecule has 1 amide bonds. The molecule has 1 aromatic heterocycles. The van der Waals surface area contributed by atoms with E-state index in [1.165, 1.54) is 18.2 Å². The van der Waals surface area contributed by atoms with E-state index in [4.69, 9.17) is 13.9 Å². The Hall–Kier alpha value is -4.17. The van der Waals surface area contributed by atoms with Crippen LogP contribution in [0.3, 0.4) is 0 Å². The summed E-state index contributed by atoms with van der Waals surface area (Å²) < 4.78 is 16.6. The maximum absolute atomic E-state index is 12.5. The fourth-order valence-corrected chi connectivity index (χ4v) is 3.85. The quantitative estimate of drug-likeness (QED) is 0.153. The van der Waals surface area contributed by atoms with Gasteiger partial charge in [-0.3, -0.25) is 4.79 Å². The van der Waals surface area contributed by atoms with Crippen LogP contribution in [0.25, 0.3) is 17.0 Å². The highest BCUT2D eigenvalue weighted by Gasteiger charge is 2.14. The molecule has 3 aromatic carbocycles. The van der Waals surface area contributed by atoms with Gasteiger partial charge in [0.05, 0.1) is 11.6 Å². The summed E-state index contributed by atoms with van der Waals surface area (Å²) in [7, 11) is 1.57. The van der Waals surface area contributed by atoms with E-state index in [0.29, 0.717) is 11.1 Å². The van der Waals surface area contributed by atoms with Crippen LogP contribution in [0.5, 0.6) is 11.5 Å². The van der Waals surface area contributed by atoms with Gasteiger partial charge in [-0.05, 0) is 63.5 Å². The van der Waals surface area contributed by atoms with E-state index in [-0.39, 0.29) is 23.4 Å². The summed E-state index contributed by atoms with van der Waals surface area (Å²) in [5, 5.41) is 3.23. The molecule has 0 radical (unpaired) electrons. The number of halogens is 1. The number of carbonyl (C=O) groups excluding carboxylic acids is 2. The lowest BCUT2D eigenvalue weighted by atomic mass is 10.1. The number of ether oxygens (including phenoxy) is 2. The summed E-state index contributed by atoms with van der Waals surface area (Å²) in [6.07, 6.45) is 2.89. The van der Waals surface area contributed by atoms with Crippen LogP contribution in [0.4, 0.5) is 0 Å². The average Bonchev–Trinajstić information content (AvgIpc) is 2.86. The highest BCUT2D eigenvalue weighted by Crippen LogP contribution is 2.26. The van der Waals surface area contributed by atoms with Crippen molar-refractivity contribution < 1.29 is 23.5 Å². The largest absolute Gasteiger partial charge is 0.496 e. The van der Waals surface area contributed by atoms with E-state index in [1.807, 2.05) is 30.3 Å². The van der Waals surface area contributed by atoms with Crippen LogP contribution in [-0.2, 0) is 11.3 Å². The molecule has 0 bridgehead atoms. The molecule has 4 aromatic rings. The number of nitrogens with one attached hydrogen (secondary N) is 1. The first-order valence-electron chi connectivity index (χ1n) is 10.6. The van der Waals surface area contributed by atoms with Crippen molar-refractivity contribution in [1.82, 2.24) is 5.32 Å². The van der Waals surface area contributed by atoms with Gasteiger partial charge in [-0.15, -0.1) is 0 Å². The van der Waals surface area contributed by atoms with E-state index in [9.17, 15) is 14.4 Å². The molecule has 0 saturated carbocycles. The van der Waals surface area contributed by atoms with Gasteiger partial charge in [0.1, 0.15) is 22.6 Å². The van der Waals surface area contributed by atoms with Gasteiger partial charge in [0, 0.05) is 24.1 Å². The highest BCUT2D eigenvalue weighted by atomic mass is 79.9. The summed E-state index contributed by atoms with van der Waals surface area (Å²) in [6, 6.07) is 20.8. The molecule has 7 nitrogen and oxygen atoms in total. The van der Waals surface area contributed by atoms with Crippen molar-refractivity contribution in [3.63, 3.8) is 0 Å². The molecule has 0 unspecified atom stereocenters. The standard InChI is InChI=1S/C27H20BrNO6/c1-33-23-11-7-17(13-22(23)28)8-12-25(30)34-20-10-9-19-14-21(27(32)35-24(19)15-20)26(31)29-16-18-5-3-2-4-6-18/h2-15H,16H2,1H3,(H,29,31)/b12-8+. The van der Waals surface area contributed by atoms with Gasteiger partial charge in [0.25, 0.3) is 5.91 Å². The normalized spacial score (nSPS) is 10.9. The van der Waals surface area contributed by atoms with E-state index in [1.54, 1.807) is 43.5 Å². The predicted molar refractivity (Wildman–Crippen MR) is 135 cm³/mol. The van der Waals surface area contributed by atoms with Crippen molar-refractivity contribution in [2.75, 3.05) is 7.11 Å². The molecule has 1 N–H and O–H groups in total. The summed E-state index contributed by atoms with van der Waals surface area (Å²) in [4.78, 5) is 37.1. The van der Waals surface area contributed by atoms with Crippen LogP contribution in [-0.4, -0.2) is 19.0 Å². The Labute approximate surface area is 209 Å². The Bertz CT molecular complexity index is 1480. The lowest BCUT2D eigenvalue weighted by Gasteiger charge is -2.06. The van der Waals surface area contributed by atoms with Crippen molar-refractivity contribution in [2.24, 2.45) is 0 Å². The zero-order valence-corrected chi connectivity index (χ0v) is 20.2. The van der Waals surface area contributed by atoms with Crippen molar-refractivity contribution in [2.45, 2.75) is 6.54 Å². The lowest BCUT2D eigenvalue weighted by molar-refractivity contribution is -0.128. The number of fused-ring (bicyclic) bond motifs is 1. The lowest BCUT2D eigenvalue weighted by Crippen LogP contribution is -2.27. The van der Waals surface area contributed by atoms with Gasteiger partial charge in [-0.25, -0.2) is 9.59 Å². The third-order valence-corrected chi connectivity index (χ3v) is 5.67. The third kappa shape index (κ3) is 6.04.